The van der Waals surface area contributed by atoms with Gasteiger partial charge in [-0.25, -0.2) is 13.8 Å². The minimum Gasteiger partial charge on any atom is -0.478 e. The third-order valence-electron chi connectivity index (χ3n) is 5.94. The summed E-state index contributed by atoms with van der Waals surface area (Å²) in [6.07, 6.45) is -7.34. The average Bonchev–Trinajstić information content (AvgIpc) is 3.24. The maximum atomic E-state index is 14.5. The van der Waals surface area contributed by atoms with Gasteiger partial charge < -0.3 is 23.8 Å². The van der Waals surface area contributed by atoms with Crippen molar-refractivity contribution in [2.45, 2.75) is 37.3 Å². The highest BCUT2D eigenvalue weighted by Gasteiger charge is 2.52. The van der Waals surface area contributed by atoms with Crippen LogP contribution in [0.1, 0.15) is 29.4 Å². The van der Waals surface area contributed by atoms with Gasteiger partial charge in [0.15, 0.2) is 23.5 Å². The molecular formula is C22H21F5N2O5. The van der Waals surface area contributed by atoms with Crippen molar-refractivity contribution in [2.75, 3.05) is 27.0 Å². The van der Waals surface area contributed by atoms with E-state index in [-0.39, 0.29) is 49.2 Å². The topological polar surface area (TPSA) is 70.1 Å². The molecule has 2 fully saturated rings. The molecule has 0 spiro atoms. The number of piperidine rings is 1. The third kappa shape index (κ3) is 4.27. The zero-order valence-corrected chi connectivity index (χ0v) is 18.2. The molecule has 2 aliphatic rings. The number of likely N-dealkylation sites (tertiary alicyclic amines) is 1. The summed E-state index contributed by atoms with van der Waals surface area (Å²) >= 11 is 0. The normalized spacial score (nSPS) is 23.4. The summed E-state index contributed by atoms with van der Waals surface area (Å²) < 4.78 is 88.0. The number of hydrogen-bond acceptors (Lipinski definition) is 6. The van der Waals surface area contributed by atoms with Gasteiger partial charge in [-0.1, -0.05) is 12.1 Å². The van der Waals surface area contributed by atoms with Gasteiger partial charge in [0.1, 0.15) is 24.2 Å². The predicted octanol–water partition coefficient (Wildman–Crippen LogP) is 3.81. The van der Waals surface area contributed by atoms with Gasteiger partial charge in [0.05, 0.1) is 13.7 Å². The molecule has 0 radical (unpaired) electrons. The highest BCUT2D eigenvalue weighted by atomic mass is 19.4. The Hall–Kier alpha value is -2.99. The lowest BCUT2D eigenvalue weighted by atomic mass is 9.81. The molecule has 7 nitrogen and oxygen atoms in total. The zero-order chi connectivity index (χ0) is 24.7. The lowest BCUT2D eigenvalue weighted by Crippen LogP contribution is -2.54. The second kappa shape index (κ2) is 8.99. The molecule has 0 saturated carbocycles. The van der Waals surface area contributed by atoms with E-state index in [1.54, 1.807) is 0 Å². The smallest absolute Gasteiger partial charge is 0.425 e. The number of ether oxygens (including phenoxy) is 4. The van der Waals surface area contributed by atoms with Gasteiger partial charge in [-0.3, -0.25) is 4.79 Å². The third-order valence-corrected chi connectivity index (χ3v) is 5.94. The Bertz CT molecular complexity index is 1080. The minimum atomic E-state index is -4.59. The number of pyridine rings is 1. The van der Waals surface area contributed by atoms with Gasteiger partial charge in [-0.15, -0.1) is 0 Å². The number of amides is 1. The average molecular weight is 488 g/mol. The fourth-order valence-corrected chi connectivity index (χ4v) is 4.08. The van der Waals surface area contributed by atoms with Crippen LogP contribution in [0.4, 0.5) is 22.0 Å². The number of benzene rings is 1. The Labute approximate surface area is 191 Å². The Morgan fingerprint density at radius 3 is 2.74 bits per heavy atom. The lowest BCUT2D eigenvalue weighted by molar-refractivity contribution is -0.189. The van der Waals surface area contributed by atoms with Crippen molar-refractivity contribution in [3.8, 4) is 11.6 Å². The van der Waals surface area contributed by atoms with E-state index in [0.717, 1.165) is 13.0 Å². The molecule has 1 amide bonds. The van der Waals surface area contributed by atoms with Crippen molar-refractivity contribution >= 4 is 5.91 Å². The quantitative estimate of drug-likeness (QED) is 0.597. The second-order valence-electron chi connectivity index (χ2n) is 7.92. The molecule has 0 aliphatic carbocycles. The molecule has 2 unspecified atom stereocenters. The van der Waals surface area contributed by atoms with Gasteiger partial charge >= 0.3 is 6.18 Å². The van der Waals surface area contributed by atoms with Crippen LogP contribution in [-0.4, -0.2) is 61.2 Å². The summed E-state index contributed by atoms with van der Waals surface area (Å²) in [5.41, 5.74) is -1.33. The fourth-order valence-electron chi connectivity index (χ4n) is 4.08. The molecule has 184 valence electrons. The molecule has 1 aromatic heterocycles. The van der Waals surface area contributed by atoms with Crippen LogP contribution in [0.3, 0.4) is 0 Å². The molecular weight excluding hydrogens is 467 g/mol. The molecule has 12 heteroatoms. The highest BCUT2D eigenvalue weighted by molar-refractivity contribution is 5.92. The maximum absolute atomic E-state index is 14.5. The SMILES string of the molecule is COc1nc(C(=O)N2CC[C@]3(c4cccc(F)c4F)OCOC3C2)ccc1OC(C)C(F)(F)F. The number of carbonyl (C=O) groups excluding carboxylic acids is 1. The van der Waals surface area contributed by atoms with Crippen LogP contribution in [0.15, 0.2) is 30.3 Å². The van der Waals surface area contributed by atoms with Crippen LogP contribution in [0.5, 0.6) is 11.6 Å². The first-order valence-electron chi connectivity index (χ1n) is 10.3. The van der Waals surface area contributed by atoms with Gasteiger partial charge in [0.2, 0.25) is 0 Å². The molecule has 2 aromatic rings. The Morgan fingerprint density at radius 1 is 1.26 bits per heavy atom. The second-order valence-corrected chi connectivity index (χ2v) is 7.92. The van der Waals surface area contributed by atoms with E-state index in [1.165, 1.54) is 36.3 Å². The number of carbonyl (C=O) groups is 1. The number of fused-ring (bicyclic) bond motifs is 1. The van der Waals surface area contributed by atoms with E-state index >= 15 is 0 Å². The molecule has 3 atom stereocenters. The molecule has 1 aromatic carbocycles. The van der Waals surface area contributed by atoms with Gasteiger partial charge in [-0.05, 0) is 25.1 Å². The first kappa shape index (κ1) is 24.1. The standard InChI is InChI=1S/C22H21F5N2O5/c1-12(22(25,26)27)34-16-7-6-15(28-19(16)31-2)20(30)29-9-8-21(17(10-29)32-11-33-21)13-4-3-5-14(23)18(13)24/h3-7,12,17H,8-11H2,1-2H3/t12?,17?,21-/m1/s1. The van der Waals surface area contributed by atoms with Crippen LogP contribution < -0.4 is 9.47 Å². The van der Waals surface area contributed by atoms with Crippen molar-refractivity contribution in [3.63, 3.8) is 0 Å². The van der Waals surface area contributed by atoms with Crippen LogP contribution in [0, 0.1) is 11.6 Å². The molecule has 0 bridgehead atoms. The number of rotatable bonds is 5. The van der Waals surface area contributed by atoms with Gasteiger partial charge in [-0.2, -0.15) is 13.2 Å². The molecule has 4 rings (SSSR count). The van der Waals surface area contributed by atoms with Gasteiger partial charge in [0.25, 0.3) is 11.8 Å². The number of alkyl halides is 3. The maximum Gasteiger partial charge on any atom is 0.425 e. The summed E-state index contributed by atoms with van der Waals surface area (Å²) in [7, 11) is 1.19. The van der Waals surface area contributed by atoms with Crippen molar-refractivity contribution in [3.05, 3.63) is 53.2 Å². The van der Waals surface area contributed by atoms with Crippen molar-refractivity contribution in [1.29, 1.82) is 0 Å². The Morgan fingerprint density at radius 2 is 2.03 bits per heavy atom. The molecule has 0 N–H and O–H groups in total. The van der Waals surface area contributed by atoms with E-state index in [2.05, 4.69) is 4.98 Å². The number of halogens is 5. The van der Waals surface area contributed by atoms with E-state index in [4.69, 9.17) is 18.9 Å². The first-order valence-corrected chi connectivity index (χ1v) is 10.3. The molecule has 2 saturated heterocycles. The first-order chi connectivity index (χ1) is 16.1. The zero-order valence-electron chi connectivity index (χ0n) is 18.2. The minimum absolute atomic E-state index is 0.00212. The lowest BCUT2D eigenvalue weighted by Gasteiger charge is -2.41. The summed E-state index contributed by atoms with van der Waals surface area (Å²) in [5, 5.41) is 0. The summed E-state index contributed by atoms with van der Waals surface area (Å²) in [4.78, 5) is 18.5. The Kier molecular flexibility index (Phi) is 6.38. The van der Waals surface area contributed by atoms with Crippen molar-refractivity contribution in [2.24, 2.45) is 0 Å². The molecule has 3 heterocycles. The summed E-state index contributed by atoms with van der Waals surface area (Å²) in [5.74, 6) is -3.14. The van der Waals surface area contributed by atoms with E-state index in [1.807, 2.05) is 0 Å². The summed E-state index contributed by atoms with van der Waals surface area (Å²) in [6, 6.07) is 6.19. The van der Waals surface area contributed by atoms with Crippen LogP contribution in [-0.2, 0) is 15.1 Å². The Balaban J connectivity index is 1.53. The molecule has 34 heavy (non-hydrogen) atoms. The predicted molar refractivity (Wildman–Crippen MR) is 106 cm³/mol. The van der Waals surface area contributed by atoms with Crippen molar-refractivity contribution < 1.29 is 45.7 Å². The molecule has 2 aliphatic heterocycles. The highest BCUT2D eigenvalue weighted by Crippen LogP contribution is 2.44. The number of nitrogens with zero attached hydrogens (tertiary/aromatic N) is 2. The number of methoxy groups -OCH3 is 1. The van der Waals surface area contributed by atoms with E-state index in [9.17, 15) is 26.7 Å². The van der Waals surface area contributed by atoms with Crippen LogP contribution in [0.2, 0.25) is 0 Å². The largest absolute Gasteiger partial charge is 0.478 e. The number of aromatic nitrogens is 1. The van der Waals surface area contributed by atoms with Crippen molar-refractivity contribution in [1.82, 2.24) is 9.88 Å². The van der Waals surface area contributed by atoms with Crippen LogP contribution in [0.25, 0.3) is 0 Å². The summed E-state index contributed by atoms with van der Waals surface area (Å²) in [6.45, 7) is 0.798. The fraction of sp³-hybridized carbons (Fsp3) is 0.455. The number of hydrogen-bond donors (Lipinski definition) is 0. The monoisotopic (exact) mass is 488 g/mol. The van der Waals surface area contributed by atoms with Gasteiger partial charge in [0, 0.05) is 18.5 Å². The van der Waals surface area contributed by atoms with E-state index < -0.39 is 41.5 Å². The van der Waals surface area contributed by atoms with E-state index in [0.29, 0.717) is 0 Å². The van der Waals surface area contributed by atoms with Crippen LogP contribution >= 0.6 is 0 Å².